The number of carbonyl (C=O) groups excluding carboxylic acids is 1. The lowest BCUT2D eigenvalue weighted by atomic mass is 9.99. The summed E-state index contributed by atoms with van der Waals surface area (Å²) in [6.45, 7) is 1.69. The van der Waals surface area contributed by atoms with Crippen molar-refractivity contribution in [2.75, 3.05) is 34.3 Å². The molecule has 0 bridgehead atoms. The number of carbonyl (C=O) groups is 1. The molecule has 0 saturated carbocycles. The van der Waals surface area contributed by atoms with Gasteiger partial charge in [-0.2, -0.15) is 31.3 Å². The molecule has 0 radical (unpaired) electrons. The minimum Gasteiger partial charge on any atom is -0.462 e. The van der Waals surface area contributed by atoms with Crippen LogP contribution in [0.4, 0.5) is 30.7 Å². The minimum atomic E-state index is -5.03. The van der Waals surface area contributed by atoms with Crippen molar-refractivity contribution in [3.8, 4) is 17.1 Å². The van der Waals surface area contributed by atoms with Gasteiger partial charge in [0.05, 0.1) is 11.1 Å². The molecule has 0 N–H and O–H groups in total. The van der Waals surface area contributed by atoms with Gasteiger partial charge in [0, 0.05) is 31.9 Å². The summed E-state index contributed by atoms with van der Waals surface area (Å²) in [7, 11) is 4.84. The lowest BCUT2D eigenvalue weighted by molar-refractivity contribution is -0.143. The number of hydrogen-bond donors (Lipinski definition) is 0. The van der Waals surface area contributed by atoms with Gasteiger partial charge in [0.2, 0.25) is 0 Å². The van der Waals surface area contributed by atoms with Crippen LogP contribution in [0.2, 0.25) is 0 Å². The number of ether oxygens (including phenoxy) is 1. The standard InChI is InChI=1S/C26H25F7N4O2/c1-15-9-19(27)5-6-20(15)21-13-34-24(39-8-7-36(2)3)35-22(21)23(38)37(4)14-16-10-17(25(28,29)30)12-18(11-16)26(31,32)33/h5-6,9-13H,7-8,14H2,1-4H3. The zero-order valence-electron chi connectivity index (χ0n) is 21.4. The third kappa shape index (κ3) is 7.65. The van der Waals surface area contributed by atoms with Gasteiger partial charge >= 0.3 is 18.4 Å². The van der Waals surface area contributed by atoms with Crippen molar-refractivity contribution >= 4 is 5.91 Å². The first-order valence-electron chi connectivity index (χ1n) is 11.5. The van der Waals surface area contributed by atoms with E-state index in [2.05, 4.69) is 9.97 Å². The molecule has 39 heavy (non-hydrogen) atoms. The van der Waals surface area contributed by atoms with Crippen LogP contribution in [0.3, 0.4) is 0 Å². The third-order valence-corrected chi connectivity index (χ3v) is 5.63. The zero-order chi connectivity index (χ0) is 29.1. The first-order chi connectivity index (χ1) is 18.1. The second-order valence-electron chi connectivity index (χ2n) is 9.10. The van der Waals surface area contributed by atoms with Gasteiger partial charge in [-0.3, -0.25) is 4.79 Å². The number of aryl methyl sites for hydroxylation is 1. The molecule has 2 aromatic carbocycles. The molecule has 0 aliphatic heterocycles. The van der Waals surface area contributed by atoms with E-state index in [4.69, 9.17) is 4.74 Å². The van der Waals surface area contributed by atoms with Crippen LogP contribution in [-0.4, -0.2) is 60.0 Å². The van der Waals surface area contributed by atoms with E-state index in [1.165, 1.54) is 31.4 Å². The van der Waals surface area contributed by atoms with Crippen LogP contribution in [0, 0.1) is 12.7 Å². The van der Waals surface area contributed by atoms with Gasteiger partial charge < -0.3 is 14.5 Å². The Hall–Kier alpha value is -3.74. The summed E-state index contributed by atoms with van der Waals surface area (Å²) >= 11 is 0. The lowest BCUT2D eigenvalue weighted by Gasteiger charge is -2.21. The molecular weight excluding hydrogens is 533 g/mol. The normalized spacial score (nSPS) is 12.1. The molecular formula is C26H25F7N4O2. The van der Waals surface area contributed by atoms with Crippen molar-refractivity contribution in [3.05, 3.63) is 76.4 Å². The highest BCUT2D eigenvalue weighted by Gasteiger charge is 2.37. The number of hydrogen-bond acceptors (Lipinski definition) is 5. The third-order valence-electron chi connectivity index (χ3n) is 5.63. The Morgan fingerprint density at radius 1 is 0.923 bits per heavy atom. The van der Waals surface area contributed by atoms with Crippen LogP contribution in [0.25, 0.3) is 11.1 Å². The number of nitrogens with zero attached hydrogens (tertiary/aromatic N) is 4. The largest absolute Gasteiger partial charge is 0.462 e. The number of amides is 1. The predicted molar refractivity (Wildman–Crippen MR) is 128 cm³/mol. The van der Waals surface area contributed by atoms with Crippen molar-refractivity contribution in [3.63, 3.8) is 0 Å². The second-order valence-corrected chi connectivity index (χ2v) is 9.10. The van der Waals surface area contributed by atoms with E-state index in [1.54, 1.807) is 6.92 Å². The van der Waals surface area contributed by atoms with Crippen LogP contribution in [0.1, 0.15) is 32.7 Å². The predicted octanol–water partition coefficient (Wildman–Crippen LogP) is 5.84. The molecule has 0 aliphatic carbocycles. The average molecular weight is 558 g/mol. The van der Waals surface area contributed by atoms with Gasteiger partial charge in [0.25, 0.3) is 5.91 Å². The van der Waals surface area contributed by atoms with Gasteiger partial charge in [-0.1, -0.05) is 6.07 Å². The molecule has 0 saturated heterocycles. The number of alkyl halides is 6. The van der Waals surface area contributed by atoms with E-state index >= 15 is 0 Å². The molecule has 0 aliphatic rings. The van der Waals surface area contributed by atoms with Crippen molar-refractivity contribution in [2.24, 2.45) is 0 Å². The number of benzene rings is 2. The summed E-state index contributed by atoms with van der Waals surface area (Å²) in [6.07, 6.45) is -8.76. The van der Waals surface area contributed by atoms with E-state index in [1.807, 2.05) is 19.0 Å². The lowest BCUT2D eigenvalue weighted by Crippen LogP contribution is -2.28. The summed E-state index contributed by atoms with van der Waals surface area (Å²) < 4.78 is 99.0. The minimum absolute atomic E-state index is 0.0164. The van der Waals surface area contributed by atoms with Crippen LogP contribution in [0.5, 0.6) is 6.01 Å². The fourth-order valence-corrected chi connectivity index (χ4v) is 3.68. The Balaban J connectivity index is 2.02. The Kier molecular flexibility index (Phi) is 8.84. The van der Waals surface area contributed by atoms with E-state index in [0.717, 1.165) is 4.90 Å². The molecule has 13 heteroatoms. The monoisotopic (exact) mass is 558 g/mol. The van der Waals surface area contributed by atoms with Crippen LogP contribution in [0.15, 0.2) is 42.6 Å². The first-order valence-corrected chi connectivity index (χ1v) is 11.5. The van der Waals surface area contributed by atoms with Crippen LogP contribution < -0.4 is 4.74 Å². The molecule has 0 unspecified atom stereocenters. The van der Waals surface area contributed by atoms with E-state index in [0.29, 0.717) is 29.8 Å². The highest BCUT2D eigenvalue weighted by Crippen LogP contribution is 2.37. The molecule has 0 atom stereocenters. The molecule has 1 aromatic heterocycles. The van der Waals surface area contributed by atoms with E-state index in [-0.39, 0.29) is 35.5 Å². The maximum Gasteiger partial charge on any atom is 0.416 e. The van der Waals surface area contributed by atoms with Crippen molar-refractivity contribution in [1.82, 2.24) is 19.8 Å². The molecule has 6 nitrogen and oxygen atoms in total. The topological polar surface area (TPSA) is 58.6 Å². The maximum atomic E-state index is 13.7. The van der Waals surface area contributed by atoms with Gasteiger partial charge in [0.15, 0.2) is 0 Å². The molecule has 1 amide bonds. The van der Waals surface area contributed by atoms with E-state index < -0.39 is 41.7 Å². The Morgan fingerprint density at radius 3 is 2.08 bits per heavy atom. The second kappa shape index (κ2) is 11.6. The molecule has 1 heterocycles. The van der Waals surface area contributed by atoms with Crippen LogP contribution in [-0.2, 0) is 18.9 Å². The average Bonchev–Trinajstić information content (AvgIpc) is 2.82. The maximum absolute atomic E-state index is 13.7. The number of rotatable bonds is 8. The molecule has 0 spiro atoms. The van der Waals surface area contributed by atoms with Crippen molar-refractivity contribution < 1.29 is 40.3 Å². The highest BCUT2D eigenvalue weighted by atomic mass is 19.4. The molecule has 3 aromatic rings. The van der Waals surface area contributed by atoms with Gasteiger partial charge in [0.1, 0.15) is 18.1 Å². The van der Waals surface area contributed by atoms with Gasteiger partial charge in [-0.15, -0.1) is 0 Å². The van der Waals surface area contributed by atoms with Gasteiger partial charge in [-0.05, 0) is 68.0 Å². The van der Waals surface area contributed by atoms with Crippen molar-refractivity contribution in [2.45, 2.75) is 25.8 Å². The quantitative estimate of drug-likeness (QED) is 0.325. The molecule has 3 rings (SSSR count). The van der Waals surface area contributed by atoms with Crippen LogP contribution >= 0.6 is 0 Å². The van der Waals surface area contributed by atoms with Gasteiger partial charge in [-0.25, -0.2) is 9.37 Å². The summed E-state index contributed by atoms with van der Waals surface area (Å²) in [6, 6.07) is 4.78. The highest BCUT2D eigenvalue weighted by molar-refractivity contribution is 5.99. The van der Waals surface area contributed by atoms with E-state index in [9.17, 15) is 35.5 Å². The molecule has 210 valence electrons. The smallest absolute Gasteiger partial charge is 0.416 e. The zero-order valence-corrected chi connectivity index (χ0v) is 21.4. The fourth-order valence-electron chi connectivity index (χ4n) is 3.68. The fraction of sp³-hybridized carbons (Fsp3) is 0.346. The molecule has 0 fully saturated rings. The summed E-state index contributed by atoms with van der Waals surface area (Å²) in [4.78, 5) is 24.5. The summed E-state index contributed by atoms with van der Waals surface area (Å²) in [5.74, 6) is -1.34. The Bertz CT molecular complexity index is 1310. The number of likely N-dealkylation sites (N-methyl/N-ethyl adjacent to an activating group) is 1. The SMILES string of the molecule is Cc1cc(F)ccc1-c1cnc(OCCN(C)C)nc1C(=O)N(C)Cc1cc(C(F)(F)F)cc(C(F)(F)F)c1. The van der Waals surface area contributed by atoms with Crippen molar-refractivity contribution in [1.29, 1.82) is 0 Å². The first kappa shape index (κ1) is 29.8. The summed E-state index contributed by atoms with van der Waals surface area (Å²) in [5, 5.41) is 0. The Morgan fingerprint density at radius 2 is 1.54 bits per heavy atom. The number of halogens is 7. The summed E-state index contributed by atoms with van der Waals surface area (Å²) in [5.41, 5.74) is -2.54. The Labute approximate surface area is 220 Å². The number of aromatic nitrogens is 2.